The second-order valence-corrected chi connectivity index (χ2v) is 27.3. The van der Waals surface area contributed by atoms with Crippen molar-refractivity contribution < 1.29 is 78.2 Å². The second kappa shape index (κ2) is 31.5. The van der Waals surface area contributed by atoms with Crippen LogP contribution in [0.15, 0.2) is 71.3 Å². The number of aryl methyl sites for hydroxylation is 3. The van der Waals surface area contributed by atoms with Gasteiger partial charge in [-0.05, 0) is 192 Å². The molecule has 3 aromatic carbocycles. The molecule has 16 heteroatoms. The SMILES string of the molecule is CCCCCc1cc(OC(=O)OC[C@@H](O)CO)c2c(c1)OC(C)(C)[C@@H]1CCC(C)=C[C@@H]21.CCCCCc1cc(OC(=O)[C@@H](O)CO)c2c(c1)OC(C)(C)[C@@H]1CCC(C)=C[C@@H]21.CCCCCc1cc(OC(=O)[C@H](O)CO)c2c(c1)OC(C)(C)[C@@H]1CCC(C)=C[C@@H]21. The lowest BCUT2D eigenvalue weighted by molar-refractivity contribution is -0.146. The van der Waals surface area contributed by atoms with Crippen LogP contribution in [-0.4, -0.2) is 110 Å². The predicted molar refractivity (Wildman–Crippen MR) is 343 cm³/mol. The zero-order valence-corrected chi connectivity index (χ0v) is 55.2. The van der Waals surface area contributed by atoms with Crippen LogP contribution in [0.3, 0.4) is 0 Å². The molecular formula is C73H104O16. The summed E-state index contributed by atoms with van der Waals surface area (Å²) in [6.07, 6.45) is 20.5. The van der Waals surface area contributed by atoms with Crippen molar-refractivity contribution in [3.63, 3.8) is 0 Å². The summed E-state index contributed by atoms with van der Waals surface area (Å²) in [6, 6.07) is 12.0. The Labute approximate surface area is 529 Å². The van der Waals surface area contributed by atoms with E-state index >= 15 is 0 Å². The molecule has 3 aliphatic heterocycles. The summed E-state index contributed by atoms with van der Waals surface area (Å²) < 4.78 is 41.2. The van der Waals surface area contributed by atoms with Gasteiger partial charge in [0.2, 0.25) is 0 Å². The quantitative estimate of drug-likeness (QED) is 0.0180. The Morgan fingerprint density at radius 3 is 1.09 bits per heavy atom. The summed E-state index contributed by atoms with van der Waals surface area (Å²) in [7, 11) is 0. The van der Waals surface area contributed by atoms with E-state index in [1.54, 1.807) is 0 Å². The first-order chi connectivity index (χ1) is 42.3. The molecule has 0 radical (unpaired) electrons. The van der Waals surface area contributed by atoms with Crippen LogP contribution in [0, 0.1) is 17.8 Å². The van der Waals surface area contributed by atoms with Gasteiger partial charge in [-0.25, -0.2) is 14.4 Å². The third kappa shape index (κ3) is 17.9. The molecule has 0 saturated heterocycles. The van der Waals surface area contributed by atoms with Crippen LogP contribution >= 0.6 is 0 Å². The summed E-state index contributed by atoms with van der Waals surface area (Å²) in [4.78, 5) is 36.9. The van der Waals surface area contributed by atoms with E-state index in [0.717, 1.165) is 166 Å². The van der Waals surface area contributed by atoms with Crippen molar-refractivity contribution in [3.05, 3.63) is 105 Å². The number of rotatable bonds is 22. The smallest absolute Gasteiger partial charge is 0.487 e. The highest BCUT2D eigenvalue weighted by atomic mass is 16.7. The summed E-state index contributed by atoms with van der Waals surface area (Å²) in [6.45, 7) is 23.6. The number of aliphatic hydroxyl groups excluding tert-OH is 6. The van der Waals surface area contributed by atoms with Crippen molar-refractivity contribution in [2.24, 2.45) is 17.8 Å². The maximum atomic E-state index is 12.3. The van der Waals surface area contributed by atoms with Crippen molar-refractivity contribution in [1.29, 1.82) is 0 Å². The molecule has 0 amide bonds. The van der Waals surface area contributed by atoms with Crippen molar-refractivity contribution in [1.82, 2.24) is 0 Å². The molecule has 492 valence electrons. The Balaban J connectivity index is 0.000000190. The Kier molecular flexibility index (Phi) is 25.0. The minimum atomic E-state index is -1.55. The number of hydrogen-bond acceptors (Lipinski definition) is 16. The number of aliphatic hydroxyl groups is 6. The van der Waals surface area contributed by atoms with Crippen molar-refractivity contribution in [3.8, 4) is 34.5 Å². The van der Waals surface area contributed by atoms with E-state index in [4.69, 9.17) is 48.5 Å². The zero-order valence-electron chi connectivity index (χ0n) is 55.2. The summed E-state index contributed by atoms with van der Waals surface area (Å²) in [5.41, 5.74) is 8.87. The average Bonchev–Trinajstić information content (AvgIpc) is 0.783. The standard InChI is InChI=1S/C25H36O6.2C24H34O5/c1-5-6-7-8-17-12-21(30-24(28)29-15-18(27)14-26)23-19-11-16(2)9-10-20(19)25(3,4)31-22(23)13-17;2*1-5-6-7-8-16-12-20(28-23(27)19(26)14-25)22-17-11-15(2)9-10-18(17)24(3,4)29-21(22)13-16/h11-13,18-20,26-27H,5-10,14-15H2,1-4H3;2*11-13,17-19,25-26H,5-10,14H2,1-4H3/t18-,19+,20+;17-,18-,19+;17-,18-,19-/m011/s1. The molecule has 3 heterocycles. The summed E-state index contributed by atoms with van der Waals surface area (Å²) in [5, 5.41) is 56.1. The average molecular weight is 1240 g/mol. The maximum Gasteiger partial charge on any atom is 0.513 e. The number of allylic oxidation sites excluding steroid dienone is 6. The van der Waals surface area contributed by atoms with Gasteiger partial charge in [-0.3, -0.25) is 0 Å². The largest absolute Gasteiger partial charge is 0.513 e. The Morgan fingerprint density at radius 2 is 0.798 bits per heavy atom. The third-order valence-corrected chi connectivity index (χ3v) is 18.8. The van der Waals surface area contributed by atoms with Crippen LogP contribution in [0.4, 0.5) is 4.79 Å². The molecule has 3 aromatic rings. The minimum Gasteiger partial charge on any atom is -0.487 e. The van der Waals surface area contributed by atoms with Gasteiger partial charge in [0.25, 0.3) is 0 Å². The fourth-order valence-electron chi connectivity index (χ4n) is 13.9. The molecule has 9 rings (SSSR count). The van der Waals surface area contributed by atoms with E-state index in [2.05, 4.69) is 120 Å². The van der Waals surface area contributed by atoms with E-state index in [-0.39, 0.29) is 58.9 Å². The van der Waals surface area contributed by atoms with Crippen LogP contribution in [-0.2, 0) is 33.6 Å². The van der Waals surface area contributed by atoms with Gasteiger partial charge in [-0.1, -0.05) is 94.2 Å². The van der Waals surface area contributed by atoms with Gasteiger partial charge in [-0.15, -0.1) is 0 Å². The van der Waals surface area contributed by atoms with Gasteiger partial charge in [-0.2, -0.15) is 0 Å². The van der Waals surface area contributed by atoms with Crippen molar-refractivity contribution in [2.75, 3.05) is 26.4 Å². The Bertz CT molecular complexity index is 2870. The number of benzene rings is 3. The highest BCUT2D eigenvalue weighted by molar-refractivity contribution is 5.79. The minimum absolute atomic E-state index is 0.0984. The number of fused-ring (bicyclic) bond motifs is 9. The number of hydrogen-bond donors (Lipinski definition) is 6. The second-order valence-electron chi connectivity index (χ2n) is 27.3. The van der Waals surface area contributed by atoms with Crippen LogP contribution in [0.5, 0.6) is 34.5 Å². The monoisotopic (exact) mass is 1240 g/mol. The molecule has 16 nitrogen and oxygen atoms in total. The van der Waals surface area contributed by atoms with E-state index in [9.17, 15) is 29.7 Å². The lowest BCUT2D eigenvalue weighted by Crippen LogP contribution is -2.45. The fraction of sp³-hybridized carbons (Fsp3) is 0.630. The van der Waals surface area contributed by atoms with Crippen LogP contribution in [0.2, 0.25) is 0 Å². The predicted octanol–water partition coefficient (Wildman–Crippen LogP) is 13.5. The van der Waals surface area contributed by atoms with Gasteiger partial charge < -0.3 is 63.8 Å². The summed E-state index contributed by atoms with van der Waals surface area (Å²) in [5.74, 6) is 3.12. The maximum absolute atomic E-state index is 12.3. The Hall–Kier alpha value is -5.75. The van der Waals surface area contributed by atoms with Gasteiger partial charge >= 0.3 is 18.1 Å². The molecule has 0 bridgehead atoms. The fourth-order valence-corrected chi connectivity index (χ4v) is 13.9. The molecule has 6 N–H and O–H groups in total. The molecule has 0 fully saturated rings. The van der Waals surface area contributed by atoms with Crippen LogP contribution in [0.1, 0.15) is 231 Å². The zero-order chi connectivity index (χ0) is 65.0. The third-order valence-electron chi connectivity index (χ3n) is 18.8. The number of esters is 2. The van der Waals surface area contributed by atoms with Gasteiger partial charge in [0, 0.05) is 52.2 Å². The number of carbonyl (C=O) groups excluding carboxylic acids is 3. The molecule has 0 saturated carbocycles. The normalized spacial score (nSPS) is 23.0. The molecule has 89 heavy (non-hydrogen) atoms. The first-order valence-corrected chi connectivity index (χ1v) is 33.0. The van der Waals surface area contributed by atoms with Crippen LogP contribution in [0.25, 0.3) is 0 Å². The van der Waals surface area contributed by atoms with E-state index < -0.39 is 56.2 Å². The molecule has 6 aliphatic rings. The lowest BCUT2D eigenvalue weighted by Gasteiger charge is -2.46. The summed E-state index contributed by atoms with van der Waals surface area (Å²) >= 11 is 0. The van der Waals surface area contributed by atoms with E-state index in [0.29, 0.717) is 17.2 Å². The molecule has 3 aliphatic carbocycles. The molecule has 0 aromatic heterocycles. The van der Waals surface area contributed by atoms with E-state index in [1.165, 1.54) is 16.7 Å². The first-order valence-electron chi connectivity index (χ1n) is 33.0. The topological polar surface area (TPSA) is 237 Å². The van der Waals surface area contributed by atoms with Crippen LogP contribution < -0.4 is 28.4 Å². The number of carbonyl (C=O) groups is 3. The Morgan fingerprint density at radius 1 is 0.483 bits per heavy atom. The highest BCUT2D eigenvalue weighted by Gasteiger charge is 2.49. The van der Waals surface area contributed by atoms with Gasteiger partial charge in [0.1, 0.15) is 64.0 Å². The van der Waals surface area contributed by atoms with Crippen molar-refractivity contribution >= 4 is 18.1 Å². The molecule has 9 atom stereocenters. The van der Waals surface area contributed by atoms with E-state index in [1.807, 2.05) is 18.2 Å². The molecular weight excluding hydrogens is 1130 g/mol. The number of ether oxygens (including phenoxy) is 7. The number of unbranched alkanes of at least 4 members (excludes halogenated alkanes) is 6. The first kappa shape index (κ1) is 70.7. The highest BCUT2D eigenvalue weighted by Crippen LogP contribution is 2.57. The lowest BCUT2D eigenvalue weighted by atomic mass is 9.68. The molecule has 0 spiro atoms. The molecule has 0 unspecified atom stereocenters. The van der Waals surface area contributed by atoms with Gasteiger partial charge in [0.15, 0.2) is 12.2 Å². The van der Waals surface area contributed by atoms with Gasteiger partial charge in [0.05, 0.1) is 19.8 Å². The van der Waals surface area contributed by atoms with Crippen molar-refractivity contribution in [2.45, 2.75) is 252 Å².